The number of hydrogen-bond donors (Lipinski definition) is 1. The molecule has 32 heavy (non-hydrogen) atoms. The number of carbonyl (C=O) groups excluding carboxylic acids is 2. The van der Waals surface area contributed by atoms with Crippen molar-refractivity contribution in [2.75, 3.05) is 11.5 Å². The molecule has 1 N–H and O–H groups in total. The van der Waals surface area contributed by atoms with Gasteiger partial charge < -0.3 is 9.84 Å². The molecular weight excluding hydrogens is 404 g/mol. The SMILES string of the molecule is CCCOc1ccc(/C(O)=C2\C(=O)C(=O)N(c3ccccn3)[C@@H]2c2ccc(C)cc2)cc1. The van der Waals surface area contributed by atoms with E-state index in [4.69, 9.17) is 4.74 Å². The van der Waals surface area contributed by atoms with Crippen molar-refractivity contribution in [3.05, 3.63) is 95.2 Å². The van der Waals surface area contributed by atoms with E-state index in [1.807, 2.05) is 38.1 Å². The van der Waals surface area contributed by atoms with Gasteiger partial charge in [0, 0.05) is 11.8 Å². The third-order valence-electron chi connectivity index (χ3n) is 5.33. The highest BCUT2D eigenvalue weighted by molar-refractivity contribution is 6.51. The third-order valence-corrected chi connectivity index (χ3v) is 5.33. The number of pyridine rings is 1. The fourth-order valence-corrected chi connectivity index (χ4v) is 3.71. The van der Waals surface area contributed by atoms with Crippen LogP contribution in [0.5, 0.6) is 5.75 Å². The van der Waals surface area contributed by atoms with E-state index in [-0.39, 0.29) is 11.3 Å². The van der Waals surface area contributed by atoms with E-state index in [2.05, 4.69) is 4.98 Å². The second-order valence-electron chi connectivity index (χ2n) is 7.64. The summed E-state index contributed by atoms with van der Waals surface area (Å²) in [6.07, 6.45) is 2.45. The Morgan fingerprint density at radius 3 is 2.38 bits per heavy atom. The average molecular weight is 428 g/mol. The van der Waals surface area contributed by atoms with Crippen LogP contribution in [0.3, 0.4) is 0 Å². The quantitative estimate of drug-likeness (QED) is 0.346. The number of ether oxygens (including phenoxy) is 1. The van der Waals surface area contributed by atoms with Crippen molar-refractivity contribution in [1.29, 1.82) is 0 Å². The maximum absolute atomic E-state index is 13.1. The molecule has 1 atom stereocenters. The standard InChI is InChI=1S/C26H24N2O4/c1-3-16-32-20-13-11-19(12-14-20)24(29)22-23(18-9-7-17(2)8-10-18)28(26(31)25(22)30)21-6-4-5-15-27-21/h4-15,23,29H,3,16H2,1-2H3/b24-22+/t23-/m1/s1. The topological polar surface area (TPSA) is 79.7 Å². The monoisotopic (exact) mass is 428 g/mol. The van der Waals surface area contributed by atoms with E-state index in [0.29, 0.717) is 29.3 Å². The number of ketones is 1. The molecule has 2 aromatic carbocycles. The first kappa shape index (κ1) is 21.3. The fourth-order valence-electron chi connectivity index (χ4n) is 3.71. The number of aliphatic hydroxyl groups is 1. The summed E-state index contributed by atoms with van der Waals surface area (Å²) >= 11 is 0. The van der Waals surface area contributed by atoms with Crippen molar-refractivity contribution in [3.63, 3.8) is 0 Å². The summed E-state index contributed by atoms with van der Waals surface area (Å²) in [4.78, 5) is 31.8. The molecule has 6 nitrogen and oxygen atoms in total. The van der Waals surface area contributed by atoms with Gasteiger partial charge in [-0.2, -0.15) is 0 Å². The average Bonchev–Trinajstić information content (AvgIpc) is 3.09. The van der Waals surface area contributed by atoms with Crippen molar-refractivity contribution < 1.29 is 19.4 Å². The number of rotatable bonds is 6. The zero-order valence-corrected chi connectivity index (χ0v) is 18.0. The van der Waals surface area contributed by atoms with Crippen LogP contribution in [0.1, 0.15) is 36.1 Å². The molecule has 0 saturated carbocycles. The van der Waals surface area contributed by atoms with Crippen LogP contribution in [-0.4, -0.2) is 28.4 Å². The van der Waals surface area contributed by atoms with E-state index in [1.54, 1.807) is 48.7 Å². The molecule has 1 amide bonds. The minimum Gasteiger partial charge on any atom is -0.507 e. The predicted molar refractivity (Wildman–Crippen MR) is 122 cm³/mol. The Balaban J connectivity index is 1.83. The van der Waals surface area contributed by atoms with Gasteiger partial charge in [-0.25, -0.2) is 4.98 Å². The van der Waals surface area contributed by atoms with Gasteiger partial charge in [-0.15, -0.1) is 0 Å². The third kappa shape index (κ3) is 3.99. The molecule has 2 heterocycles. The van der Waals surface area contributed by atoms with E-state index in [1.165, 1.54) is 4.90 Å². The molecule has 4 rings (SSSR count). The van der Waals surface area contributed by atoms with Gasteiger partial charge in [0.2, 0.25) is 0 Å². The number of anilines is 1. The van der Waals surface area contributed by atoms with Crippen LogP contribution < -0.4 is 9.64 Å². The van der Waals surface area contributed by atoms with E-state index in [9.17, 15) is 14.7 Å². The van der Waals surface area contributed by atoms with Crippen LogP contribution in [-0.2, 0) is 9.59 Å². The Morgan fingerprint density at radius 2 is 1.75 bits per heavy atom. The van der Waals surface area contributed by atoms with Gasteiger partial charge in [0.25, 0.3) is 5.78 Å². The number of Topliss-reactive ketones (excluding diaryl/α,β-unsaturated/α-hetero) is 1. The van der Waals surface area contributed by atoms with Gasteiger partial charge >= 0.3 is 5.91 Å². The summed E-state index contributed by atoms with van der Waals surface area (Å²) in [7, 11) is 0. The van der Waals surface area contributed by atoms with Gasteiger partial charge in [0.05, 0.1) is 18.2 Å². The molecule has 0 spiro atoms. The molecule has 0 aliphatic carbocycles. The maximum Gasteiger partial charge on any atom is 0.301 e. The number of aromatic nitrogens is 1. The molecule has 1 saturated heterocycles. The first-order valence-corrected chi connectivity index (χ1v) is 10.5. The van der Waals surface area contributed by atoms with Crippen molar-refractivity contribution >= 4 is 23.3 Å². The summed E-state index contributed by atoms with van der Waals surface area (Å²) < 4.78 is 5.59. The minimum absolute atomic E-state index is 0.0340. The van der Waals surface area contributed by atoms with E-state index in [0.717, 1.165) is 12.0 Å². The number of amides is 1. The molecule has 0 unspecified atom stereocenters. The first-order valence-electron chi connectivity index (χ1n) is 10.5. The highest BCUT2D eigenvalue weighted by Crippen LogP contribution is 2.41. The lowest BCUT2D eigenvalue weighted by atomic mass is 9.94. The van der Waals surface area contributed by atoms with Gasteiger partial charge in [0.15, 0.2) is 0 Å². The highest BCUT2D eigenvalue weighted by Gasteiger charge is 2.47. The van der Waals surface area contributed by atoms with Crippen LogP contribution in [0.25, 0.3) is 5.76 Å². The molecule has 1 fully saturated rings. The Kier molecular flexibility index (Phi) is 6.03. The summed E-state index contributed by atoms with van der Waals surface area (Å²) in [5.41, 5.74) is 2.23. The Hall–Kier alpha value is -3.93. The van der Waals surface area contributed by atoms with Crippen molar-refractivity contribution in [2.24, 2.45) is 0 Å². The van der Waals surface area contributed by atoms with Crippen LogP contribution in [0.15, 0.2) is 78.5 Å². The lowest BCUT2D eigenvalue weighted by molar-refractivity contribution is -0.132. The minimum atomic E-state index is -0.790. The Morgan fingerprint density at radius 1 is 1.03 bits per heavy atom. The molecule has 0 bridgehead atoms. The van der Waals surface area contributed by atoms with E-state index >= 15 is 0 Å². The normalized spacial score (nSPS) is 17.6. The summed E-state index contributed by atoms with van der Waals surface area (Å²) in [6.45, 7) is 4.57. The number of nitrogens with zero attached hydrogens (tertiary/aromatic N) is 2. The molecule has 1 aliphatic rings. The largest absolute Gasteiger partial charge is 0.507 e. The van der Waals surface area contributed by atoms with Gasteiger partial charge in [0.1, 0.15) is 17.3 Å². The molecule has 0 radical (unpaired) electrons. The number of carbonyl (C=O) groups is 2. The lowest BCUT2D eigenvalue weighted by Gasteiger charge is -2.24. The van der Waals surface area contributed by atoms with E-state index < -0.39 is 17.7 Å². The second kappa shape index (κ2) is 9.06. The van der Waals surface area contributed by atoms with Crippen LogP contribution >= 0.6 is 0 Å². The molecule has 3 aromatic rings. The first-order chi connectivity index (χ1) is 15.5. The smallest absolute Gasteiger partial charge is 0.301 e. The highest BCUT2D eigenvalue weighted by atomic mass is 16.5. The van der Waals surface area contributed by atoms with Crippen molar-refractivity contribution in [2.45, 2.75) is 26.3 Å². The molecular formula is C26H24N2O4. The maximum atomic E-state index is 13.1. The predicted octanol–water partition coefficient (Wildman–Crippen LogP) is 4.81. The zero-order chi connectivity index (χ0) is 22.7. The van der Waals surface area contributed by atoms with Gasteiger partial charge in [-0.05, 0) is 55.3 Å². The molecule has 1 aliphatic heterocycles. The fraction of sp³-hybridized carbons (Fsp3) is 0.192. The number of benzene rings is 2. The molecule has 1 aromatic heterocycles. The van der Waals surface area contributed by atoms with Crippen molar-refractivity contribution in [3.8, 4) is 5.75 Å². The summed E-state index contributed by atoms with van der Waals surface area (Å²) in [5, 5.41) is 11.1. The van der Waals surface area contributed by atoms with Gasteiger partial charge in [-0.3, -0.25) is 14.5 Å². The summed E-state index contributed by atoms with van der Waals surface area (Å²) in [5.74, 6) is -0.673. The van der Waals surface area contributed by atoms with Crippen molar-refractivity contribution in [1.82, 2.24) is 4.98 Å². The Bertz CT molecular complexity index is 1150. The number of aliphatic hydroxyl groups excluding tert-OH is 1. The number of hydrogen-bond acceptors (Lipinski definition) is 5. The van der Waals surface area contributed by atoms with Crippen LogP contribution in [0, 0.1) is 6.92 Å². The second-order valence-corrected chi connectivity index (χ2v) is 7.64. The number of aryl methyl sites for hydroxylation is 1. The summed E-state index contributed by atoms with van der Waals surface area (Å²) in [6, 6.07) is 18.7. The molecule has 6 heteroatoms. The Labute approximate surface area is 186 Å². The molecule has 162 valence electrons. The van der Waals surface area contributed by atoms with Crippen LogP contribution in [0.2, 0.25) is 0 Å². The lowest BCUT2D eigenvalue weighted by Crippen LogP contribution is -2.30. The zero-order valence-electron chi connectivity index (χ0n) is 18.0. The van der Waals surface area contributed by atoms with Crippen LogP contribution in [0.4, 0.5) is 5.82 Å². The van der Waals surface area contributed by atoms with Gasteiger partial charge in [-0.1, -0.05) is 42.8 Å².